The molecular weight excluding hydrogens is 1310 g/mol. The molecule has 0 radical (unpaired) electrons. The molecule has 11 atom stereocenters. The molecule has 2 aliphatic heterocycles. The molecule has 1 aromatic carbocycles. The van der Waals surface area contributed by atoms with Crippen LogP contribution >= 0.6 is 0 Å². The fraction of sp³-hybridized carbons (Fsp3) is 0.633. The van der Waals surface area contributed by atoms with E-state index in [1.807, 2.05) is 0 Å². The van der Waals surface area contributed by atoms with Crippen LogP contribution in [0.3, 0.4) is 0 Å². The van der Waals surface area contributed by atoms with Gasteiger partial charge in [-0.25, -0.2) is 4.79 Å². The molecule has 37 heteroatoms. The van der Waals surface area contributed by atoms with Crippen molar-refractivity contribution in [3.63, 3.8) is 0 Å². The molecule has 0 spiro atoms. The number of carbonyl (C=O) groups is 16. The van der Waals surface area contributed by atoms with Gasteiger partial charge in [-0.2, -0.15) is 8.42 Å². The highest BCUT2D eigenvalue weighted by Crippen LogP contribution is 2.28. The normalized spacial score (nSPS) is 18.3. The largest absolute Gasteiger partial charge is 0.481 e. The van der Waals surface area contributed by atoms with Crippen LogP contribution in [0.4, 0.5) is 0 Å². The van der Waals surface area contributed by atoms with Crippen molar-refractivity contribution in [1.82, 2.24) is 52.3 Å². The molecule has 3 aliphatic rings. The number of amides is 10. The summed E-state index contributed by atoms with van der Waals surface area (Å²) in [5, 5.41) is 76.4. The van der Waals surface area contributed by atoms with Crippen molar-refractivity contribution in [1.29, 1.82) is 0 Å². The summed E-state index contributed by atoms with van der Waals surface area (Å²) in [5.74, 6) is -19.8. The van der Waals surface area contributed by atoms with E-state index in [0.29, 0.717) is 25.7 Å². The van der Waals surface area contributed by atoms with Crippen molar-refractivity contribution >= 4 is 105 Å². The van der Waals surface area contributed by atoms with E-state index in [1.165, 1.54) is 19.1 Å². The zero-order chi connectivity index (χ0) is 72.4. The number of rotatable bonds is 40. The van der Waals surface area contributed by atoms with E-state index in [0.717, 1.165) is 28.4 Å². The molecule has 2 saturated heterocycles. The number of carboxylic acids is 6. The maximum atomic E-state index is 14.7. The first-order chi connectivity index (χ1) is 45.6. The third kappa shape index (κ3) is 26.5. The minimum Gasteiger partial charge on any atom is -0.481 e. The van der Waals surface area contributed by atoms with Crippen molar-refractivity contribution in [2.24, 2.45) is 11.8 Å². The van der Waals surface area contributed by atoms with Crippen molar-refractivity contribution in [3.05, 3.63) is 29.8 Å². The van der Waals surface area contributed by atoms with E-state index in [9.17, 15) is 106 Å². The molecule has 4 rings (SSSR count). The number of aliphatic carboxylic acids is 6. The summed E-state index contributed by atoms with van der Waals surface area (Å²) in [6.07, 6.45) is -3.10. The predicted molar refractivity (Wildman–Crippen MR) is 331 cm³/mol. The second kappa shape index (κ2) is 38.3. The number of nitrogens with zero attached hydrogens (tertiary/aromatic N) is 2. The van der Waals surface area contributed by atoms with E-state index in [-0.39, 0.29) is 62.9 Å². The van der Waals surface area contributed by atoms with Gasteiger partial charge in [0, 0.05) is 51.6 Å². The molecule has 1 saturated carbocycles. The lowest BCUT2D eigenvalue weighted by molar-refractivity contribution is -0.146. The Labute approximate surface area is 556 Å². The van der Waals surface area contributed by atoms with Crippen molar-refractivity contribution in [2.45, 2.75) is 216 Å². The van der Waals surface area contributed by atoms with Gasteiger partial charge in [0.2, 0.25) is 59.1 Å². The monoisotopic (exact) mass is 1390 g/mol. The van der Waals surface area contributed by atoms with Crippen molar-refractivity contribution < 1.29 is 125 Å². The second-order valence-electron chi connectivity index (χ2n) is 24.1. The van der Waals surface area contributed by atoms with Gasteiger partial charge in [0.05, 0.1) is 6.42 Å². The molecule has 1 aliphatic carbocycles. The zero-order valence-electron chi connectivity index (χ0n) is 53.7. The number of carboxylic acid groups (broad SMARTS) is 6. The Morgan fingerprint density at radius 1 is 0.485 bits per heavy atom. The number of likely N-dealkylation sites (tertiary alicyclic amines) is 2. The summed E-state index contributed by atoms with van der Waals surface area (Å²) < 4.78 is 35.9. The lowest BCUT2D eigenvalue weighted by atomic mass is 9.83. The average molecular weight is 1400 g/mol. The van der Waals surface area contributed by atoms with Gasteiger partial charge >= 0.3 is 46.2 Å². The Balaban J connectivity index is 1.53. The summed E-state index contributed by atoms with van der Waals surface area (Å²) in [7, 11) is -4.93. The van der Waals surface area contributed by atoms with Crippen LogP contribution in [0.15, 0.2) is 24.3 Å². The highest BCUT2D eigenvalue weighted by atomic mass is 32.3. The fourth-order valence-corrected chi connectivity index (χ4v) is 11.7. The Kier molecular flexibility index (Phi) is 31.5. The van der Waals surface area contributed by atoms with Crippen molar-refractivity contribution in [3.8, 4) is 5.75 Å². The zero-order valence-corrected chi connectivity index (χ0v) is 54.5. The third-order valence-electron chi connectivity index (χ3n) is 16.8. The Hall–Kier alpha value is -9.55. The number of hydrogen-bond donors (Lipinski definition) is 15. The molecule has 97 heavy (non-hydrogen) atoms. The van der Waals surface area contributed by atoms with Crippen LogP contribution in [0.2, 0.25) is 0 Å². The highest BCUT2D eigenvalue weighted by molar-refractivity contribution is 7.81. The van der Waals surface area contributed by atoms with E-state index < -0.39 is 242 Å². The molecule has 1 aromatic rings. The molecule has 36 nitrogen and oxygen atoms in total. The SMILES string of the molecule is CC[C@H](C)[C@H](NC(=O)[C@@H]1CCCN1C(=O)[C@H](CCC(=O)O)NC(=O)[C@H](Cc1ccc(OS(=O)(=O)O)cc1)NC(=O)CCC(=O)O)C(=O)N1CCC[C@H]1C(=O)N[C@@H](CCC(=O)O)C(=O)N[C@@H](CCC(=O)O)C(=O)N[C@@H](C)C(=O)N[C@H](C(=O)N[C@@H](CCC(=O)O)C(=O)O)C1CCCCC1. The first kappa shape index (κ1) is 79.9. The molecule has 0 aromatic heterocycles. The van der Waals surface area contributed by atoms with Gasteiger partial charge in [-0.15, -0.1) is 0 Å². The first-order valence-electron chi connectivity index (χ1n) is 31.7. The smallest absolute Gasteiger partial charge is 0.446 e. The molecule has 15 N–H and O–H groups in total. The van der Waals surface area contributed by atoms with E-state index >= 15 is 0 Å². The average Bonchev–Trinajstić information content (AvgIpc) is 1.75. The van der Waals surface area contributed by atoms with Crippen LogP contribution in [0, 0.1) is 11.8 Å². The number of hydrogen-bond acceptors (Lipinski definition) is 19. The fourth-order valence-electron chi connectivity index (χ4n) is 11.4. The van der Waals surface area contributed by atoms with E-state index in [4.69, 9.17) is 14.8 Å². The maximum absolute atomic E-state index is 14.7. The van der Waals surface area contributed by atoms with Gasteiger partial charge in [-0.3, -0.25) is 76.5 Å². The van der Waals surface area contributed by atoms with Gasteiger partial charge in [-0.1, -0.05) is 51.7 Å². The second-order valence-corrected chi connectivity index (χ2v) is 25.1. The summed E-state index contributed by atoms with van der Waals surface area (Å²) in [6.45, 7) is 4.30. The number of benzene rings is 1. The molecular formula is C60H86N10O26S. The Morgan fingerprint density at radius 2 is 0.938 bits per heavy atom. The van der Waals surface area contributed by atoms with Crippen LogP contribution < -0.4 is 46.7 Å². The Bertz CT molecular complexity index is 3180. The predicted octanol–water partition coefficient (Wildman–Crippen LogP) is -1.67. The van der Waals surface area contributed by atoms with Crippen LogP contribution in [-0.2, 0) is 93.5 Å². The topological polar surface area (TPSA) is 561 Å². The highest BCUT2D eigenvalue weighted by Gasteiger charge is 2.44. The molecule has 2 heterocycles. The standard InChI is InChI=1S/C60H86N10O26S/c1-4-31(2)49(67-56(87)42-13-8-28-69(42)58(89)38(20-25-46(76)77)65-54(85)40(62-43(71)22-27-48(80)81)30-33-14-16-35(17-15-33)96-97(93,94)95)59(90)70-29-9-12-41(70)55(86)64-37(19-24-45(74)75)53(84)63-36(18-23-44(72)73)52(83)61-32(3)51(82)68-50(34-10-6-5-7-11-34)57(88)66-39(60(91)92)21-26-47(78)79/h14-17,31-32,34,36-42,49-50H,4-13,18-30H2,1-3H3,(H,61,83)(H,62,71)(H,63,84)(H,64,86)(H,65,85)(H,66,88)(H,67,87)(H,68,82)(H,72,73)(H,74,75)(H,76,77)(H,78,79)(H,80,81)(H,91,92)(H,93,94,95)/t31-,32-,36-,37-,38-,39-,40-,41-,42-,49-,50-/m0/s1. The third-order valence-corrected chi connectivity index (χ3v) is 17.2. The lowest BCUT2D eigenvalue weighted by Gasteiger charge is -2.34. The van der Waals surface area contributed by atoms with Gasteiger partial charge in [0.25, 0.3) is 0 Å². The molecule has 3 fully saturated rings. The summed E-state index contributed by atoms with van der Waals surface area (Å²) >= 11 is 0. The van der Waals surface area contributed by atoms with Crippen LogP contribution in [0.5, 0.6) is 5.75 Å². The summed E-state index contributed by atoms with van der Waals surface area (Å²) in [6, 6.07) is -10.7. The first-order valence-corrected chi connectivity index (χ1v) is 33.1. The van der Waals surface area contributed by atoms with E-state index in [2.05, 4.69) is 46.7 Å². The number of carbonyl (C=O) groups excluding carboxylic acids is 10. The van der Waals surface area contributed by atoms with Crippen LogP contribution in [0.25, 0.3) is 0 Å². The quantitative estimate of drug-likeness (QED) is 0.0327. The molecule has 538 valence electrons. The minimum absolute atomic E-state index is 0.00142. The maximum Gasteiger partial charge on any atom is 0.446 e. The van der Waals surface area contributed by atoms with E-state index in [1.54, 1.807) is 13.8 Å². The summed E-state index contributed by atoms with van der Waals surface area (Å²) in [4.78, 5) is 213. The van der Waals surface area contributed by atoms with Crippen LogP contribution in [0.1, 0.15) is 155 Å². The lowest BCUT2D eigenvalue weighted by Crippen LogP contribution is -2.61. The summed E-state index contributed by atoms with van der Waals surface area (Å²) in [5.41, 5.74) is 0.241. The van der Waals surface area contributed by atoms with Crippen molar-refractivity contribution in [2.75, 3.05) is 13.1 Å². The van der Waals surface area contributed by atoms with Crippen LogP contribution in [-0.4, -0.2) is 222 Å². The molecule has 10 amide bonds. The Morgan fingerprint density at radius 3 is 1.44 bits per heavy atom. The van der Waals surface area contributed by atoms with Gasteiger partial charge in [0.1, 0.15) is 66.2 Å². The minimum atomic E-state index is -4.93. The molecule has 0 unspecified atom stereocenters. The van der Waals surface area contributed by atoms with Gasteiger partial charge < -0.3 is 87.2 Å². The molecule has 0 bridgehead atoms. The van der Waals surface area contributed by atoms with Gasteiger partial charge in [-0.05, 0) is 101 Å². The van der Waals surface area contributed by atoms with Gasteiger partial charge in [0.15, 0.2) is 0 Å². The number of nitrogens with one attached hydrogen (secondary N) is 8.